The standard InChI is InChI=1S/C14H11N3/c15-7-10-1-2-11-3-4-12(14(11)5-10)6-13-8-16-9-17-13/h1-2,5-6,8-9H,3-4H2,(H,16,17)/b12-6+. The molecule has 0 fully saturated rings. The van der Waals surface area contributed by atoms with Crippen molar-refractivity contribution in [2.45, 2.75) is 12.8 Å². The Balaban J connectivity index is 2.06. The minimum atomic E-state index is 0.721. The number of aromatic nitrogens is 2. The summed E-state index contributed by atoms with van der Waals surface area (Å²) in [5, 5.41) is 8.92. The molecule has 0 radical (unpaired) electrons. The van der Waals surface area contributed by atoms with Gasteiger partial charge in [-0.05, 0) is 47.8 Å². The van der Waals surface area contributed by atoms with Gasteiger partial charge in [0.05, 0.1) is 23.7 Å². The molecule has 0 amide bonds. The fraction of sp³-hybridized carbons (Fsp3) is 0.143. The maximum atomic E-state index is 8.92. The summed E-state index contributed by atoms with van der Waals surface area (Å²) in [6.07, 6.45) is 7.71. The zero-order valence-electron chi connectivity index (χ0n) is 9.27. The molecule has 0 atom stereocenters. The number of aryl methyl sites for hydroxylation is 1. The highest BCUT2D eigenvalue weighted by Gasteiger charge is 2.16. The van der Waals surface area contributed by atoms with Crippen LogP contribution in [0.4, 0.5) is 0 Å². The van der Waals surface area contributed by atoms with E-state index in [9.17, 15) is 0 Å². The molecule has 0 unspecified atom stereocenters. The van der Waals surface area contributed by atoms with Crippen LogP contribution in [0.2, 0.25) is 0 Å². The number of hydrogen-bond donors (Lipinski definition) is 1. The van der Waals surface area contributed by atoms with Gasteiger partial charge in [-0.25, -0.2) is 4.98 Å². The van der Waals surface area contributed by atoms with Crippen LogP contribution in [0.3, 0.4) is 0 Å². The molecule has 1 aliphatic rings. The number of fused-ring (bicyclic) bond motifs is 1. The van der Waals surface area contributed by atoms with E-state index in [-0.39, 0.29) is 0 Å². The molecule has 1 aromatic heterocycles. The van der Waals surface area contributed by atoms with E-state index in [1.807, 2.05) is 18.3 Å². The maximum Gasteiger partial charge on any atom is 0.0991 e. The van der Waals surface area contributed by atoms with Crippen LogP contribution in [-0.4, -0.2) is 9.97 Å². The molecular formula is C14H11N3. The van der Waals surface area contributed by atoms with Crippen LogP contribution < -0.4 is 0 Å². The first-order chi connectivity index (χ1) is 8.36. The second kappa shape index (κ2) is 3.91. The highest BCUT2D eigenvalue weighted by molar-refractivity contribution is 5.84. The smallest absolute Gasteiger partial charge is 0.0991 e. The Morgan fingerprint density at radius 2 is 2.29 bits per heavy atom. The van der Waals surface area contributed by atoms with E-state index in [1.54, 1.807) is 6.33 Å². The van der Waals surface area contributed by atoms with Crippen molar-refractivity contribution in [2.24, 2.45) is 0 Å². The molecule has 0 saturated heterocycles. The minimum absolute atomic E-state index is 0.721. The molecule has 82 valence electrons. The van der Waals surface area contributed by atoms with Crippen molar-refractivity contribution in [3.8, 4) is 6.07 Å². The lowest BCUT2D eigenvalue weighted by molar-refractivity contribution is 1.08. The molecule has 17 heavy (non-hydrogen) atoms. The largest absolute Gasteiger partial charge is 0.351 e. The van der Waals surface area contributed by atoms with Crippen molar-refractivity contribution in [1.29, 1.82) is 5.26 Å². The Morgan fingerprint density at radius 1 is 1.35 bits per heavy atom. The number of H-pyrrole nitrogens is 1. The number of nitrogens with zero attached hydrogens (tertiary/aromatic N) is 2. The highest BCUT2D eigenvalue weighted by Crippen LogP contribution is 2.33. The molecule has 3 heteroatoms. The van der Waals surface area contributed by atoms with Gasteiger partial charge in [0.1, 0.15) is 0 Å². The van der Waals surface area contributed by atoms with Crippen molar-refractivity contribution in [3.05, 3.63) is 53.1 Å². The molecule has 1 aliphatic carbocycles. The molecule has 0 saturated carbocycles. The van der Waals surface area contributed by atoms with Gasteiger partial charge in [-0.2, -0.15) is 5.26 Å². The van der Waals surface area contributed by atoms with Crippen LogP contribution in [0, 0.1) is 11.3 Å². The lowest BCUT2D eigenvalue weighted by Gasteiger charge is -2.00. The van der Waals surface area contributed by atoms with Crippen LogP contribution in [0.1, 0.15) is 28.8 Å². The van der Waals surface area contributed by atoms with Gasteiger partial charge in [-0.3, -0.25) is 0 Å². The summed E-state index contributed by atoms with van der Waals surface area (Å²) in [6.45, 7) is 0. The number of nitrogens with one attached hydrogen (secondary N) is 1. The topological polar surface area (TPSA) is 52.5 Å². The Labute approximate surface area is 99.4 Å². The zero-order valence-corrected chi connectivity index (χ0v) is 9.27. The number of hydrogen-bond acceptors (Lipinski definition) is 2. The summed E-state index contributed by atoms with van der Waals surface area (Å²) >= 11 is 0. The second-order valence-electron chi connectivity index (χ2n) is 4.15. The van der Waals surface area contributed by atoms with Crippen molar-refractivity contribution < 1.29 is 0 Å². The van der Waals surface area contributed by atoms with Crippen molar-refractivity contribution >= 4 is 11.6 Å². The predicted molar refractivity (Wildman–Crippen MR) is 65.9 cm³/mol. The Kier molecular flexibility index (Phi) is 2.27. The Hall–Kier alpha value is -2.34. The average Bonchev–Trinajstić information content (AvgIpc) is 2.99. The molecule has 1 aromatic carbocycles. The van der Waals surface area contributed by atoms with E-state index < -0.39 is 0 Å². The predicted octanol–water partition coefficient (Wildman–Crippen LogP) is 2.77. The van der Waals surface area contributed by atoms with Crippen LogP contribution >= 0.6 is 0 Å². The van der Waals surface area contributed by atoms with Gasteiger partial charge < -0.3 is 4.98 Å². The van der Waals surface area contributed by atoms with E-state index in [0.29, 0.717) is 0 Å². The summed E-state index contributed by atoms with van der Waals surface area (Å²) in [5.41, 5.74) is 5.45. The molecular weight excluding hydrogens is 210 g/mol. The number of allylic oxidation sites excluding steroid dienone is 1. The summed E-state index contributed by atoms with van der Waals surface area (Å²) < 4.78 is 0. The van der Waals surface area contributed by atoms with Crippen LogP contribution in [0.15, 0.2) is 30.7 Å². The Morgan fingerprint density at radius 3 is 3.06 bits per heavy atom. The maximum absolute atomic E-state index is 8.92. The third-order valence-corrected chi connectivity index (χ3v) is 3.09. The third-order valence-electron chi connectivity index (χ3n) is 3.09. The number of aromatic amines is 1. The van der Waals surface area contributed by atoms with Crippen LogP contribution in [-0.2, 0) is 6.42 Å². The lowest BCUT2D eigenvalue weighted by Crippen LogP contribution is -1.83. The highest BCUT2D eigenvalue weighted by atomic mass is 14.8. The van der Waals surface area contributed by atoms with Gasteiger partial charge in [0.15, 0.2) is 0 Å². The van der Waals surface area contributed by atoms with Crippen molar-refractivity contribution in [1.82, 2.24) is 9.97 Å². The molecule has 1 N–H and O–H groups in total. The van der Waals surface area contributed by atoms with Crippen molar-refractivity contribution in [2.75, 3.05) is 0 Å². The number of imidazole rings is 1. The van der Waals surface area contributed by atoms with Gasteiger partial charge in [0, 0.05) is 6.20 Å². The van der Waals surface area contributed by atoms with Gasteiger partial charge in [-0.15, -0.1) is 0 Å². The van der Waals surface area contributed by atoms with E-state index in [2.05, 4.69) is 28.2 Å². The van der Waals surface area contributed by atoms with Gasteiger partial charge in [0.2, 0.25) is 0 Å². The minimum Gasteiger partial charge on any atom is -0.351 e. The first-order valence-corrected chi connectivity index (χ1v) is 5.59. The summed E-state index contributed by atoms with van der Waals surface area (Å²) in [6, 6.07) is 8.10. The fourth-order valence-electron chi connectivity index (χ4n) is 2.25. The SMILES string of the molecule is N#Cc1ccc2c(c1)/C(=C/c1c[nH]cn1)CC2. The van der Waals surface area contributed by atoms with Crippen molar-refractivity contribution in [3.63, 3.8) is 0 Å². The second-order valence-corrected chi connectivity index (χ2v) is 4.15. The average molecular weight is 221 g/mol. The molecule has 2 aromatic rings. The van der Waals surface area contributed by atoms with Crippen LogP contribution in [0.5, 0.6) is 0 Å². The molecule has 3 rings (SSSR count). The molecule has 0 spiro atoms. The van der Waals surface area contributed by atoms with E-state index in [0.717, 1.165) is 24.1 Å². The number of benzene rings is 1. The monoisotopic (exact) mass is 221 g/mol. The Bertz CT molecular complexity index is 615. The normalized spacial score (nSPS) is 15.8. The van der Waals surface area contributed by atoms with E-state index >= 15 is 0 Å². The fourth-order valence-corrected chi connectivity index (χ4v) is 2.25. The number of nitriles is 1. The van der Waals surface area contributed by atoms with Gasteiger partial charge in [-0.1, -0.05) is 6.07 Å². The number of rotatable bonds is 1. The first kappa shape index (κ1) is 9.86. The summed E-state index contributed by atoms with van der Waals surface area (Å²) in [5.74, 6) is 0. The van der Waals surface area contributed by atoms with E-state index in [4.69, 9.17) is 5.26 Å². The molecule has 0 aliphatic heterocycles. The van der Waals surface area contributed by atoms with Gasteiger partial charge >= 0.3 is 0 Å². The van der Waals surface area contributed by atoms with Gasteiger partial charge in [0.25, 0.3) is 0 Å². The molecule has 0 bridgehead atoms. The molecule has 1 heterocycles. The van der Waals surface area contributed by atoms with E-state index in [1.165, 1.54) is 16.7 Å². The molecule has 3 nitrogen and oxygen atoms in total. The summed E-state index contributed by atoms with van der Waals surface area (Å²) in [7, 11) is 0. The van der Waals surface area contributed by atoms with Crippen LogP contribution in [0.25, 0.3) is 11.6 Å². The zero-order chi connectivity index (χ0) is 11.7. The summed E-state index contributed by atoms with van der Waals surface area (Å²) in [4.78, 5) is 7.14. The lowest BCUT2D eigenvalue weighted by atomic mass is 10.0. The third kappa shape index (κ3) is 1.74. The first-order valence-electron chi connectivity index (χ1n) is 5.59. The quantitative estimate of drug-likeness (QED) is 0.805.